The third-order valence-corrected chi connectivity index (χ3v) is 3.35. The maximum absolute atomic E-state index is 11.4. The Morgan fingerprint density at radius 2 is 1.94 bits per heavy atom. The third kappa shape index (κ3) is 1.59. The van der Waals surface area contributed by atoms with Crippen molar-refractivity contribution in [2.75, 3.05) is 0 Å². The van der Waals surface area contributed by atoms with Crippen molar-refractivity contribution in [3.63, 3.8) is 0 Å². The molecule has 0 bridgehead atoms. The summed E-state index contributed by atoms with van der Waals surface area (Å²) < 4.78 is 0. The smallest absolute Gasteiger partial charge is 0.314 e. The predicted octanol–water partition coefficient (Wildman–Crippen LogP) is 0.0324. The molecular weight excluding hydrogens is 218 g/mol. The number of H-pyrrole nitrogens is 2. The summed E-state index contributed by atoms with van der Waals surface area (Å²) in [5.74, 6) is 0. The van der Waals surface area contributed by atoms with Crippen molar-refractivity contribution in [2.45, 2.75) is 25.3 Å². The lowest BCUT2D eigenvalue weighted by Crippen LogP contribution is -2.31. The van der Waals surface area contributed by atoms with Gasteiger partial charge in [0, 0.05) is 6.04 Å². The summed E-state index contributed by atoms with van der Waals surface area (Å²) >= 11 is 0. The summed E-state index contributed by atoms with van der Waals surface area (Å²) in [7, 11) is 0. The van der Waals surface area contributed by atoms with Gasteiger partial charge in [-0.25, -0.2) is 0 Å². The zero-order valence-corrected chi connectivity index (χ0v) is 9.25. The normalized spacial score (nSPS) is 19.2. The van der Waals surface area contributed by atoms with Crippen molar-refractivity contribution < 1.29 is 0 Å². The Morgan fingerprint density at radius 1 is 1.18 bits per heavy atom. The molecule has 0 fully saturated rings. The number of nitrogens with one attached hydrogen (secondary N) is 2. The molecule has 0 spiro atoms. The SMILES string of the molecule is NC1CCc2ccc3[nH]c(=O)c(=O)[nH]c3c2C1. The minimum Gasteiger partial charge on any atom is -0.327 e. The highest BCUT2D eigenvalue weighted by atomic mass is 16.2. The molecule has 0 saturated carbocycles. The van der Waals surface area contributed by atoms with Gasteiger partial charge in [-0.2, -0.15) is 0 Å². The average molecular weight is 231 g/mol. The zero-order valence-electron chi connectivity index (χ0n) is 9.25. The van der Waals surface area contributed by atoms with Crippen LogP contribution in [-0.2, 0) is 12.8 Å². The van der Waals surface area contributed by atoms with Gasteiger partial charge >= 0.3 is 11.1 Å². The molecule has 0 amide bonds. The van der Waals surface area contributed by atoms with E-state index in [-0.39, 0.29) is 6.04 Å². The van der Waals surface area contributed by atoms with Crippen LogP contribution in [0.5, 0.6) is 0 Å². The lowest BCUT2D eigenvalue weighted by molar-refractivity contribution is 0.578. The molecule has 0 aliphatic heterocycles. The van der Waals surface area contributed by atoms with Gasteiger partial charge in [-0.3, -0.25) is 9.59 Å². The van der Waals surface area contributed by atoms with Gasteiger partial charge in [-0.15, -0.1) is 0 Å². The van der Waals surface area contributed by atoms with E-state index in [0.717, 1.165) is 30.3 Å². The van der Waals surface area contributed by atoms with Gasteiger partial charge in [0.2, 0.25) is 0 Å². The van der Waals surface area contributed by atoms with E-state index in [9.17, 15) is 9.59 Å². The molecule has 1 unspecified atom stereocenters. The molecule has 17 heavy (non-hydrogen) atoms. The minimum absolute atomic E-state index is 0.128. The Morgan fingerprint density at radius 3 is 2.76 bits per heavy atom. The number of rotatable bonds is 0. The molecule has 1 aromatic carbocycles. The maximum atomic E-state index is 11.4. The van der Waals surface area contributed by atoms with E-state index >= 15 is 0 Å². The van der Waals surface area contributed by atoms with Crippen LogP contribution in [0.25, 0.3) is 11.0 Å². The summed E-state index contributed by atoms with van der Waals surface area (Å²) in [5, 5.41) is 0. The molecule has 5 heteroatoms. The largest absolute Gasteiger partial charge is 0.327 e. The Kier molecular flexibility index (Phi) is 2.16. The first kappa shape index (κ1) is 10.3. The van der Waals surface area contributed by atoms with Gasteiger partial charge in [0.15, 0.2) is 0 Å². The van der Waals surface area contributed by atoms with E-state index in [4.69, 9.17) is 5.73 Å². The fraction of sp³-hybridized carbons (Fsp3) is 0.333. The second kappa shape index (κ2) is 3.56. The van der Waals surface area contributed by atoms with Gasteiger partial charge in [-0.1, -0.05) is 6.07 Å². The molecule has 0 radical (unpaired) electrons. The lowest BCUT2D eigenvalue weighted by atomic mass is 9.88. The summed E-state index contributed by atoms with van der Waals surface area (Å²) in [6.07, 6.45) is 2.63. The van der Waals surface area contributed by atoms with E-state index < -0.39 is 11.1 Å². The van der Waals surface area contributed by atoms with E-state index in [0.29, 0.717) is 5.52 Å². The summed E-state index contributed by atoms with van der Waals surface area (Å²) in [6, 6.07) is 3.96. The van der Waals surface area contributed by atoms with E-state index in [1.54, 1.807) is 0 Å². The second-order valence-electron chi connectivity index (χ2n) is 4.54. The molecule has 3 rings (SSSR count). The highest BCUT2D eigenvalue weighted by Crippen LogP contribution is 2.25. The molecule has 4 N–H and O–H groups in total. The number of nitrogens with two attached hydrogens (primary N) is 1. The number of aromatic nitrogens is 2. The first-order chi connectivity index (χ1) is 8.15. The fourth-order valence-electron chi connectivity index (χ4n) is 2.46. The molecule has 1 aliphatic carbocycles. The van der Waals surface area contributed by atoms with Gasteiger partial charge < -0.3 is 15.7 Å². The topological polar surface area (TPSA) is 91.7 Å². The van der Waals surface area contributed by atoms with Crippen LogP contribution >= 0.6 is 0 Å². The molecule has 0 saturated heterocycles. The zero-order chi connectivity index (χ0) is 12.0. The first-order valence-corrected chi connectivity index (χ1v) is 5.68. The van der Waals surface area contributed by atoms with Crippen LogP contribution in [0.4, 0.5) is 0 Å². The molecule has 1 heterocycles. The highest BCUT2D eigenvalue weighted by molar-refractivity contribution is 5.79. The molecule has 1 atom stereocenters. The number of hydrogen-bond donors (Lipinski definition) is 3. The molecule has 5 nitrogen and oxygen atoms in total. The maximum Gasteiger partial charge on any atom is 0.314 e. The quantitative estimate of drug-likeness (QED) is 0.559. The van der Waals surface area contributed by atoms with E-state index in [2.05, 4.69) is 9.97 Å². The second-order valence-corrected chi connectivity index (χ2v) is 4.54. The van der Waals surface area contributed by atoms with E-state index in [1.165, 1.54) is 5.56 Å². The predicted molar refractivity (Wildman–Crippen MR) is 65.2 cm³/mol. The standard InChI is InChI=1S/C12H13N3O2/c13-7-3-1-6-2-4-9-10(8(6)5-7)15-12(17)11(16)14-9/h2,4,7H,1,3,5,13H2,(H,14,16)(H,15,17). The molecule has 88 valence electrons. The van der Waals surface area contributed by atoms with E-state index in [1.807, 2.05) is 12.1 Å². The summed E-state index contributed by atoms with van der Waals surface area (Å²) in [4.78, 5) is 27.8. The lowest BCUT2D eigenvalue weighted by Gasteiger charge is -2.22. The van der Waals surface area contributed by atoms with Crippen LogP contribution in [-0.4, -0.2) is 16.0 Å². The molecule has 1 aromatic heterocycles. The van der Waals surface area contributed by atoms with Crippen molar-refractivity contribution in [1.29, 1.82) is 0 Å². The summed E-state index contributed by atoms with van der Waals surface area (Å²) in [5.41, 5.74) is 8.39. The Balaban J connectivity index is 2.37. The van der Waals surface area contributed by atoms with Crippen LogP contribution in [0.3, 0.4) is 0 Å². The number of aromatic amines is 2. The number of hydrogen-bond acceptors (Lipinski definition) is 3. The Labute approximate surface area is 96.7 Å². The molecule has 1 aliphatic rings. The highest BCUT2D eigenvalue weighted by Gasteiger charge is 2.18. The average Bonchev–Trinajstić information content (AvgIpc) is 2.31. The third-order valence-electron chi connectivity index (χ3n) is 3.35. The van der Waals surface area contributed by atoms with Crippen LogP contribution in [0.1, 0.15) is 17.5 Å². The fourth-order valence-corrected chi connectivity index (χ4v) is 2.46. The van der Waals surface area contributed by atoms with Crippen LogP contribution in [0.15, 0.2) is 21.7 Å². The van der Waals surface area contributed by atoms with Crippen molar-refractivity contribution in [3.05, 3.63) is 44.0 Å². The van der Waals surface area contributed by atoms with Crippen molar-refractivity contribution in [1.82, 2.24) is 9.97 Å². The number of benzene rings is 1. The molecular formula is C12H13N3O2. The van der Waals surface area contributed by atoms with Crippen LogP contribution < -0.4 is 16.9 Å². The van der Waals surface area contributed by atoms with Gasteiger partial charge in [0.25, 0.3) is 0 Å². The monoisotopic (exact) mass is 231 g/mol. The Hall–Kier alpha value is -1.88. The van der Waals surface area contributed by atoms with Gasteiger partial charge in [-0.05, 0) is 36.5 Å². The number of aryl methyl sites for hydroxylation is 1. The van der Waals surface area contributed by atoms with Crippen molar-refractivity contribution in [3.8, 4) is 0 Å². The molecule has 2 aromatic rings. The van der Waals surface area contributed by atoms with Gasteiger partial charge in [0.05, 0.1) is 11.0 Å². The van der Waals surface area contributed by atoms with Crippen LogP contribution in [0.2, 0.25) is 0 Å². The first-order valence-electron chi connectivity index (χ1n) is 5.68. The van der Waals surface area contributed by atoms with Gasteiger partial charge in [0.1, 0.15) is 0 Å². The van der Waals surface area contributed by atoms with Crippen molar-refractivity contribution >= 4 is 11.0 Å². The minimum atomic E-state index is -0.613. The number of fused-ring (bicyclic) bond motifs is 3. The van der Waals surface area contributed by atoms with Crippen LogP contribution in [0, 0.1) is 0 Å². The summed E-state index contributed by atoms with van der Waals surface area (Å²) in [6.45, 7) is 0. The Bertz CT molecular complexity index is 699. The van der Waals surface area contributed by atoms with Crippen molar-refractivity contribution in [2.24, 2.45) is 5.73 Å².